The van der Waals surface area contributed by atoms with E-state index in [1.54, 1.807) is 36.4 Å². The number of nitrogens with zero attached hydrogens (tertiary/aromatic N) is 2. The molecule has 0 aromatic heterocycles. The van der Waals surface area contributed by atoms with E-state index in [1.165, 1.54) is 24.3 Å². The molecule has 0 unspecified atom stereocenters. The Morgan fingerprint density at radius 2 is 1.68 bits per heavy atom. The van der Waals surface area contributed by atoms with Crippen LogP contribution in [0.2, 0.25) is 0 Å². The van der Waals surface area contributed by atoms with Crippen molar-refractivity contribution in [2.24, 2.45) is 5.10 Å². The van der Waals surface area contributed by atoms with Crippen LogP contribution in [-0.2, 0) is 21.0 Å². The molecule has 3 rings (SSSR count). The van der Waals surface area contributed by atoms with Gasteiger partial charge in [-0.2, -0.15) is 18.3 Å². The van der Waals surface area contributed by atoms with Gasteiger partial charge in [0.1, 0.15) is 6.54 Å². The molecule has 0 saturated carbocycles. The van der Waals surface area contributed by atoms with E-state index in [-0.39, 0.29) is 10.5 Å². The second kappa shape index (κ2) is 10.1. The number of nitrogens with one attached hydrogen (secondary N) is 1. The number of hydrogen-bond acceptors (Lipinski definition) is 4. The average Bonchev–Trinajstić information content (AvgIpc) is 2.79. The molecule has 1 amide bonds. The van der Waals surface area contributed by atoms with Crippen LogP contribution in [-0.4, -0.2) is 27.1 Å². The molecule has 0 aliphatic heterocycles. The minimum Gasteiger partial charge on any atom is -0.271 e. The summed E-state index contributed by atoms with van der Waals surface area (Å²) < 4.78 is 66.1. The van der Waals surface area contributed by atoms with Gasteiger partial charge in [-0.1, -0.05) is 36.4 Å². The van der Waals surface area contributed by atoms with Crippen LogP contribution in [0.15, 0.2) is 82.8 Å². The van der Waals surface area contributed by atoms with Gasteiger partial charge in [-0.15, -0.1) is 0 Å². The van der Waals surface area contributed by atoms with Gasteiger partial charge >= 0.3 is 6.18 Å². The Bertz CT molecular complexity index is 1310. The third kappa shape index (κ3) is 6.02. The first-order valence-electron chi connectivity index (χ1n) is 10.1. The second-order valence-electron chi connectivity index (χ2n) is 7.51. The molecule has 0 atom stereocenters. The van der Waals surface area contributed by atoms with Crippen molar-refractivity contribution < 1.29 is 26.4 Å². The predicted octanol–water partition coefficient (Wildman–Crippen LogP) is 4.67. The number of amides is 1. The number of carbonyl (C=O) groups excluding carboxylic acids is 1. The van der Waals surface area contributed by atoms with Gasteiger partial charge in [-0.25, -0.2) is 13.8 Å². The van der Waals surface area contributed by atoms with Crippen molar-refractivity contribution in [2.75, 3.05) is 10.8 Å². The zero-order valence-electron chi connectivity index (χ0n) is 18.4. The first-order valence-corrected chi connectivity index (χ1v) is 11.6. The molecule has 0 saturated heterocycles. The third-order valence-corrected chi connectivity index (χ3v) is 6.80. The highest BCUT2D eigenvalue weighted by molar-refractivity contribution is 7.92. The fourth-order valence-corrected chi connectivity index (χ4v) is 4.49. The maximum atomic E-state index is 13.3. The van der Waals surface area contributed by atoms with Crippen molar-refractivity contribution in [3.8, 4) is 0 Å². The summed E-state index contributed by atoms with van der Waals surface area (Å²) in [7, 11) is -4.08. The lowest BCUT2D eigenvalue weighted by Gasteiger charge is -2.24. The number of sulfonamides is 1. The number of carbonyl (C=O) groups is 1. The Kier molecular flexibility index (Phi) is 7.41. The van der Waals surface area contributed by atoms with E-state index in [1.807, 2.05) is 13.8 Å². The monoisotopic (exact) mass is 489 g/mol. The lowest BCUT2D eigenvalue weighted by Crippen LogP contribution is -2.39. The average molecular weight is 490 g/mol. The van der Waals surface area contributed by atoms with E-state index >= 15 is 0 Å². The van der Waals surface area contributed by atoms with Crippen molar-refractivity contribution in [1.82, 2.24) is 5.43 Å². The topological polar surface area (TPSA) is 78.8 Å². The lowest BCUT2D eigenvalue weighted by atomic mass is 10.1. The van der Waals surface area contributed by atoms with Crippen LogP contribution < -0.4 is 9.73 Å². The smallest absolute Gasteiger partial charge is 0.271 e. The molecule has 0 aliphatic rings. The van der Waals surface area contributed by atoms with Crippen molar-refractivity contribution in [1.29, 1.82) is 0 Å². The Balaban J connectivity index is 1.83. The van der Waals surface area contributed by atoms with Gasteiger partial charge in [0.05, 0.1) is 22.4 Å². The summed E-state index contributed by atoms with van der Waals surface area (Å²) in [5.74, 6) is -0.763. The summed E-state index contributed by atoms with van der Waals surface area (Å²) in [6.07, 6.45) is -3.45. The molecule has 178 valence electrons. The largest absolute Gasteiger partial charge is 0.416 e. The zero-order chi connectivity index (χ0) is 24.9. The van der Waals surface area contributed by atoms with Crippen molar-refractivity contribution >= 4 is 27.8 Å². The quantitative estimate of drug-likeness (QED) is 0.387. The maximum absolute atomic E-state index is 13.3. The number of aryl methyl sites for hydroxylation is 2. The van der Waals surface area contributed by atoms with E-state index < -0.39 is 34.2 Å². The van der Waals surface area contributed by atoms with E-state index in [2.05, 4.69) is 10.5 Å². The number of anilines is 1. The molecule has 3 aromatic carbocycles. The van der Waals surface area contributed by atoms with Gasteiger partial charge in [-0.3, -0.25) is 9.10 Å². The summed E-state index contributed by atoms with van der Waals surface area (Å²) in [6, 6.07) is 17.1. The van der Waals surface area contributed by atoms with Gasteiger partial charge in [0, 0.05) is 0 Å². The molecule has 0 fully saturated rings. The normalized spacial score (nSPS) is 12.0. The molecule has 0 aliphatic carbocycles. The van der Waals surface area contributed by atoms with Crippen LogP contribution in [0.5, 0.6) is 0 Å². The fourth-order valence-electron chi connectivity index (χ4n) is 3.06. The number of alkyl halides is 3. The predicted molar refractivity (Wildman–Crippen MR) is 124 cm³/mol. The van der Waals surface area contributed by atoms with Crippen LogP contribution in [0, 0.1) is 13.8 Å². The Morgan fingerprint density at radius 3 is 2.32 bits per heavy atom. The number of hydrogen-bond donors (Lipinski definition) is 1. The van der Waals surface area contributed by atoms with E-state index in [0.29, 0.717) is 5.69 Å². The molecule has 0 bridgehead atoms. The summed E-state index contributed by atoms with van der Waals surface area (Å²) in [5, 5.41) is 3.68. The zero-order valence-corrected chi connectivity index (χ0v) is 19.2. The van der Waals surface area contributed by atoms with Gasteiger partial charge in [0.15, 0.2) is 0 Å². The van der Waals surface area contributed by atoms with Crippen molar-refractivity contribution in [3.05, 3.63) is 95.1 Å². The van der Waals surface area contributed by atoms with Crippen molar-refractivity contribution in [2.45, 2.75) is 24.9 Å². The molecule has 10 heteroatoms. The van der Waals surface area contributed by atoms with Crippen LogP contribution in [0.4, 0.5) is 18.9 Å². The number of benzene rings is 3. The number of halogens is 3. The van der Waals surface area contributed by atoms with Gasteiger partial charge in [-0.05, 0) is 66.9 Å². The van der Waals surface area contributed by atoms with Crippen molar-refractivity contribution in [3.63, 3.8) is 0 Å². The van der Waals surface area contributed by atoms with E-state index in [9.17, 15) is 26.4 Å². The summed E-state index contributed by atoms with van der Waals surface area (Å²) in [6.45, 7) is 3.12. The molecule has 0 spiro atoms. The number of hydrazone groups is 1. The molecule has 34 heavy (non-hydrogen) atoms. The first-order chi connectivity index (χ1) is 16.0. The SMILES string of the molecule is Cc1ccc(N(CC(=O)N/N=C\c2cccc(C(F)(F)F)c2)S(=O)(=O)c2ccccc2)cc1C. The van der Waals surface area contributed by atoms with E-state index in [0.717, 1.165) is 33.8 Å². The van der Waals surface area contributed by atoms with E-state index in [4.69, 9.17) is 0 Å². The third-order valence-electron chi connectivity index (χ3n) is 5.01. The standard InChI is InChI=1S/C24H22F3N3O3S/c1-17-11-12-21(13-18(17)2)30(34(32,33)22-9-4-3-5-10-22)16-23(31)29-28-15-19-7-6-8-20(14-19)24(25,26)27/h3-15H,16H2,1-2H3,(H,29,31)/b28-15-. The Morgan fingerprint density at radius 1 is 0.971 bits per heavy atom. The lowest BCUT2D eigenvalue weighted by molar-refractivity contribution is -0.137. The highest BCUT2D eigenvalue weighted by Crippen LogP contribution is 2.29. The first kappa shape index (κ1) is 25.0. The summed E-state index contributed by atoms with van der Waals surface area (Å²) >= 11 is 0. The summed E-state index contributed by atoms with van der Waals surface area (Å²) in [4.78, 5) is 12.6. The summed E-state index contributed by atoms with van der Waals surface area (Å²) in [5.41, 5.74) is 3.55. The highest BCUT2D eigenvalue weighted by atomic mass is 32.2. The molecular formula is C24H22F3N3O3S. The minimum atomic E-state index is -4.51. The Hall–Kier alpha value is -3.66. The molecular weight excluding hydrogens is 467 g/mol. The number of rotatable bonds is 7. The van der Waals surface area contributed by atoms with Gasteiger partial charge < -0.3 is 0 Å². The molecule has 3 aromatic rings. The second-order valence-corrected chi connectivity index (χ2v) is 9.37. The van der Waals surface area contributed by atoms with Crippen LogP contribution >= 0.6 is 0 Å². The molecule has 6 nitrogen and oxygen atoms in total. The van der Waals surface area contributed by atoms with Crippen LogP contribution in [0.1, 0.15) is 22.3 Å². The Labute approximate surface area is 195 Å². The molecule has 0 radical (unpaired) electrons. The van der Waals surface area contributed by atoms with Crippen LogP contribution in [0.25, 0.3) is 0 Å². The van der Waals surface area contributed by atoms with Crippen LogP contribution in [0.3, 0.4) is 0 Å². The van der Waals surface area contributed by atoms with Gasteiger partial charge in [0.2, 0.25) is 0 Å². The highest BCUT2D eigenvalue weighted by Gasteiger charge is 2.30. The fraction of sp³-hybridized carbons (Fsp3) is 0.167. The molecule has 1 N–H and O–H groups in total. The van der Waals surface area contributed by atoms with Gasteiger partial charge in [0.25, 0.3) is 15.9 Å². The minimum absolute atomic E-state index is 0.00787. The molecule has 0 heterocycles. The maximum Gasteiger partial charge on any atom is 0.416 e.